The van der Waals surface area contributed by atoms with Crippen LogP contribution in [0.4, 0.5) is 5.69 Å². The van der Waals surface area contributed by atoms with Crippen molar-refractivity contribution < 1.29 is 10.0 Å². The number of nitrogens with one attached hydrogen (secondary N) is 1. The fourth-order valence-corrected chi connectivity index (χ4v) is 3.60. The van der Waals surface area contributed by atoms with Gasteiger partial charge in [0.15, 0.2) is 5.75 Å². The second kappa shape index (κ2) is 6.52. The summed E-state index contributed by atoms with van der Waals surface area (Å²) in [5, 5.41) is 24.9. The van der Waals surface area contributed by atoms with Gasteiger partial charge in [-0.3, -0.25) is 15.0 Å². The molecule has 1 aromatic carbocycles. The molecule has 1 aliphatic carbocycles. The van der Waals surface area contributed by atoms with Crippen molar-refractivity contribution in [3.63, 3.8) is 0 Å². The average molecular weight is 370 g/mol. The quantitative estimate of drug-likeness (QED) is 0.616. The molecule has 1 saturated heterocycles. The van der Waals surface area contributed by atoms with E-state index in [2.05, 4.69) is 26.1 Å². The van der Waals surface area contributed by atoms with Gasteiger partial charge in [0.25, 0.3) is 0 Å². The number of hydrogen-bond acceptors (Lipinski definition) is 5. The third-order valence-corrected chi connectivity index (χ3v) is 4.94. The van der Waals surface area contributed by atoms with Crippen molar-refractivity contribution in [2.24, 2.45) is 5.92 Å². The van der Waals surface area contributed by atoms with Crippen LogP contribution in [0.2, 0.25) is 0 Å². The second-order valence-electron chi connectivity index (χ2n) is 6.10. The Morgan fingerprint density at radius 3 is 2.68 bits per heavy atom. The molecule has 22 heavy (non-hydrogen) atoms. The summed E-state index contributed by atoms with van der Waals surface area (Å²) in [7, 11) is 0. The van der Waals surface area contributed by atoms with Crippen LogP contribution in [0.3, 0.4) is 0 Å². The lowest BCUT2D eigenvalue weighted by atomic mass is 9.97. The zero-order valence-corrected chi connectivity index (χ0v) is 13.9. The first kappa shape index (κ1) is 15.7. The Morgan fingerprint density at radius 1 is 1.41 bits per heavy atom. The van der Waals surface area contributed by atoms with Crippen LogP contribution in [0.1, 0.15) is 30.9 Å². The Hall–Kier alpha value is -1.18. The van der Waals surface area contributed by atoms with Crippen molar-refractivity contribution in [1.29, 1.82) is 0 Å². The Balaban J connectivity index is 1.96. The minimum atomic E-state index is -0.518. The Labute approximate surface area is 137 Å². The summed E-state index contributed by atoms with van der Waals surface area (Å²) in [4.78, 5) is 13.0. The van der Waals surface area contributed by atoms with Gasteiger partial charge < -0.3 is 10.4 Å². The van der Waals surface area contributed by atoms with Crippen molar-refractivity contribution in [1.82, 2.24) is 10.2 Å². The minimum Gasteiger partial charge on any atom is -0.502 e. The molecule has 0 radical (unpaired) electrons. The third-order valence-electron chi connectivity index (χ3n) is 4.49. The fourth-order valence-electron chi connectivity index (χ4n) is 3.13. The highest BCUT2D eigenvalue weighted by Crippen LogP contribution is 2.45. The molecule has 2 N–H and O–H groups in total. The van der Waals surface area contributed by atoms with Crippen LogP contribution in [-0.4, -0.2) is 41.1 Å². The number of phenolic OH excluding ortho intramolecular Hbond substituents is 1. The van der Waals surface area contributed by atoms with Gasteiger partial charge in [-0.2, -0.15) is 0 Å². The number of benzene rings is 1. The maximum absolute atomic E-state index is 11.2. The maximum atomic E-state index is 11.2. The van der Waals surface area contributed by atoms with Crippen LogP contribution in [0, 0.1) is 16.0 Å². The largest absolute Gasteiger partial charge is 0.502 e. The van der Waals surface area contributed by atoms with Crippen LogP contribution in [0.25, 0.3) is 0 Å². The summed E-state index contributed by atoms with van der Waals surface area (Å²) in [6, 6.07) is 3.24. The van der Waals surface area contributed by atoms with E-state index >= 15 is 0 Å². The number of rotatable bonds is 5. The Kier molecular flexibility index (Phi) is 4.65. The molecular formula is C15H20BrN3O3. The molecule has 1 aliphatic heterocycles. The molecule has 1 saturated carbocycles. The fraction of sp³-hybridized carbons (Fsp3) is 0.600. The predicted octanol–water partition coefficient (Wildman–Crippen LogP) is 2.81. The lowest BCUT2D eigenvalue weighted by Gasteiger charge is -2.35. The summed E-state index contributed by atoms with van der Waals surface area (Å²) in [6.45, 7) is 3.63. The van der Waals surface area contributed by atoms with Crippen molar-refractivity contribution >= 4 is 21.6 Å². The van der Waals surface area contributed by atoms with Gasteiger partial charge in [-0.05, 0) is 18.4 Å². The van der Waals surface area contributed by atoms with Gasteiger partial charge in [-0.25, -0.2) is 0 Å². The molecule has 3 rings (SSSR count). The molecule has 0 aromatic heterocycles. The minimum absolute atomic E-state index is 0.0470. The Bertz CT molecular complexity index is 571. The summed E-state index contributed by atoms with van der Waals surface area (Å²) in [5.74, 6) is 0.495. The van der Waals surface area contributed by atoms with Crippen LogP contribution < -0.4 is 5.32 Å². The average Bonchev–Trinajstić information content (AvgIpc) is 3.32. The van der Waals surface area contributed by atoms with Crippen LogP contribution in [0.15, 0.2) is 16.6 Å². The molecule has 2 aliphatic rings. The van der Waals surface area contributed by atoms with Crippen LogP contribution in [0.5, 0.6) is 5.75 Å². The number of nitro benzene ring substituents is 1. The maximum Gasteiger partial charge on any atom is 0.312 e. The van der Waals surface area contributed by atoms with E-state index in [1.54, 1.807) is 0 Å². The lowest BCUT2D eigenvalue weighted by molar-refractivity contribution is -0.386. The third kappa shape index (κ3) is 3.42. The molecule has 0 bridgehead atoms. The van der Waals surface area contributed by atoms with Gasteiger partial charge in [0.2, 0.25) is 0 Å². The number of hydrogen-bond donors (Lipinski definition) is 2. The van der Waals surface area contributed by atoms with Gasteiger partial charge in [-0.1, -0.05) is 28.8 Å². The number of nitro groups is 1. The summed E-state index contributed by atoms with van der Waals surface area (Å²) in [5.41, 5.74) is 0.454. The highest BCUT2D eigenvalue weighted by Gasteiger charge is 2.33. The van der Waals surface area contributed by atoms with E-state index in [9.17, 15) is 15.2 Å². The SMILES string of the molecule is O=[N+]([O-])c1cc(Br)cc([C@H](CC2CC2)N2CCNCC2)c1O. The molecule has 1 atom stereocenters. The summed E-state index contributed by atoms with van der Waals surface area (Å²) >= 11 is 3.34. The van der Waals surface area contributed by atoms with Gasteiger partial charge in [-0.15, -0.1) is 0 Å². The molecular weight excluding hydrogens is 350 g/mol. The van der Waals surface area contributed by atoms with Gasteiger partial charge in [0, 0.05) is 48.3 Å². The molecule has 0 unspecified atom stereocenters. The highest BCUT2D eigenvalue weighted by molar-refractivity contribution is 9.10. The predicted molar refractivity (Wildman–Crippen MR) is 87.0 cm³/mol. The molecule has 6 nitrogen and oxygen atoms in total. The summed E-state index contributed by atoms with van der Waals surface area (Å²) in [6.07, 6.45) is 3.40. The molecule has 120 valence electrons. The molecule has 2 fully saturated rings. The number of piperazine rings is 1. The highest BCUT2D eigenvalue weighted by atomic mass is 79.9. The number of nitrogens with zero attached hydrogens (tertiary/aromatic N) is 2. The van der Waals surface area contributed by atoms with Crippen molar-refractivity contribution in [2.75, 3.05) is 26.2 Å². The van der Waals surface area contributed by atoms with E-state index in [4.69, 9.17) is 0 Å². The molecule has 7 heteroatoms. The summed E-state index contributed by atoms with van der Waals surface area (Å²) < 4.78 is 0.642. The van der Waals surface area contributed by atoms with Gasteiger partial charge in [0.1, 0.15) is 0 Å². The van der Waals surface area contributed by atoms with E-state index in [-0.39, 0.29) is 17.5 Å². The smallest absolute Gasteiger partial charge is 0.312 e. The van der Waals surface area contributed by atoms with E-state index in [0.29, 0.717) is 16.0 Å². The van der Waals surface area contributed by atoms with Gasteiger partial charge >= 0.3 is 5.69 Å². The second-order valence-corrected chi connectivity index (χ2v) is 7.02. The lowest BCUT2D eigenvalue weighted by Crippen LogP contribution is -2.45. The number of aromatic hydroxyl groups is 1. The first-order valence-corrected chi connectivity index (χ1v) is 8.47. The standard InChI is InChI=1S/C15H20BrN3O3/c16-11-8-12(15(20)14(9-11)19(21)22)13(7-10-1-2-10)18-5-3-17-4-6-18/h8-10,13,17,20H,1-7H2/t13-/m0/s1. The molecule has 0 spiro atoms. The van der Waals surface area contributed by atoms with E-state index in [0.717, 1.165) is 32.6 Å². The molecule has 0 amide bonds. The molecule has 1 aromatic rings. The molecule has 1 heterocycles. The Morgan fingerprint density at radius 2 is 2.09 bits per heavy atom. The van der Waals surface area contributed by atoms with Gasteiger partial charge in [0.05, 0.1) is 4.92 Å². The number of halogens is 1. The van der Waals surface area contributed by atoms with Crippen molar-refractivity contribution in [2.45, 2.75) is 25.3 Å². The first-order chi connectivity index (χ1) is 10.6. The first-order valence-electron chi connectivity index (χ1n) is 7.68. The zero-order chi connectivity index (χ0) is 15.7. The van der Waals surface area contributed by atoms with Crippen LogP contribution in [-0.2, 0) is 0 Å². The van der Waals surface area contributed by atoms with E-state index < -0.39 is 4.92 Å². The van der Waals surface area contributed by atoms with Crippen molar-refractivity contribution in [3.05, 3.63) is 32.3 Å². The monoisotopic (exact) mass is 369 g/mol. The zero-order valence-electron chi connectivity index (χ0n) is 12.3. The normalized spacial score (nSPS) is 20.8. The van der Waals surface area contributed by atoms with Crippen molar-refractivity contribution in [3.8, 4) is 5.75 Å². The number of phenols is 1. The van der Waals surface area contributed by atoms with Crippen LogP contribution >= 0.6 is 15.9 Å². The van der Waals surface area contributed by atoms with E-state index in [1.165, 1.54) is 18.9 Å². The van der Waals surface area contributed by atoms with E-state index in [1.807, 2.05) is 6.07 Å². The topological polar surface area (TPSA) is 78.6 Å².